The summed E-state index contributed by atoms with van der Waals surface area (Å²) in [7, 11) is -7.78. The third kappa shape index (κ3) is 1.46. The summed E-state index contributed by atoms with van der Waals surface area (Å²) in [6.45, 7) is 0. The fraction of sp³-hybridized carbons (Fsp3) is 0.333. The summed E-state index contributed by atoms with van der Waals surface area (Å²) >= 11 is 0. The largest absolute Gasteiger partial charge is 0.667 e. The molecule has 0 saturated carbocycles. The Morgan fingerprint density at radius 2 is 1.38 bits per heavy atom. The van der Waals surface area contributed by atoms with Gasteiger partial charge in [0.1, 0.15) is 0 Å². The number of halogens is 9. The van der Waals surface area contributed by atoms with Gasteiger partial charge in [-0.25, -0.2) is 38.7 Å². The van der Waals surface area contributed by atoms with Crippen molar-refractivity contribution in [3.05, 3.63) is 23.3 Å². The normalized spacial score (nSPS) is 32.4. The van der Waals surface area contributed by atoms with Gasteiger partial charge in [-0.2, -0.15) is 0 Å². The first-order chi connectivity index (χ1) is 7.05. The molecule has 0 heterocycles. The highest BCUT2D eigenvalue weighted by Crippen LogP contribution is 2.50. The maximum atomic E-state index is 13.0. The summed E-state index contributed by atoms with van der Waals surface area (Å²) in [6.07, 6.45) is -4.25. The van der Waals surface area contributed by atoms with Gasteiger partial charge in [0, 0.05) is 0 Å². The van der Waals surface area contributed by atoms with E-state index in [0.717, 1.165) is 0 Å². The lowest BCUT2D eigenvalue weighted by atomic mass is 10.1. The van der Waals surface area contributed by atoms with E-state index in [9.17, 15) is 38.7 Å². The van der Waals surface area contributed by atoms with Crippen LogP contribution in [0.4, 0.5) is 38.7 Å². The quantitative estimate of drug-likeness (QED) is 0.387. The first-order valence-electron chi connectivity index (χ1n) is 3.56. The zero-order valence-corrected chi connectivity index (χ0v) is 7.98. The Morgan fingerprint density at radius 3 is 1.75 bits per heavy atom. The smallest absolute Gasteiger partial charge is 0.236 e. The average Bonchev–Trinajstić information content (AvgIpc) is 2.19. The fourth-order valence-electron chi connectivity index (χ4n) is 1.03. The molecule has 16 heavy (non-hydrogen) atoms. The lowest BCUT2D eigenvalue weighted by Gasteiger charge is -2.29. The van der Waals surface area contributed by atoms with Gasteiger partial charge in [0.2, 0.25) is 6.17 Å². The van der Waals surface area contributed by atoms with E-state index in [1.807, 2.05) is 0 Å². The van der Waals surface area contributed by atoms with E-state index in [-0.39, 0.29) is 0 Å². The van der Waals surface area contributed by atoms with Gasteiger partial charge in [-0.05, 0) is 0 Å². The Hall–Kier alpha value is -0.933. The van der Waals surface area contributed by atoms with Crippen LogP contribution in [0.2, 0.25) is 0 Å². The average molecular weight is 272 g/mol. The minimum Gasteiger partial charge on any atom is -0.236 e. The van der Waals surface area contributed by atoms with Crippen LogP contribution in [0.1, 0.15) is 0 Å². The van der Waals surface area contributed by atoms with Gasteiger partial charge in [-0.1, -0.05) is 0 Å². The number of hydrogen-bond donors (Lipinski definition) is 0. The molecule has 0 amide bonds. The topological polar surface area (TPSA) is 0 Å². The molecule has 0 spiro atoms. The molecule has 0 nitrogen and oxygen atoms in total. The molecule has 1 aliphatic rings. The van der Waals surface area contributed by atoms with Crippen molar-refractivity contribution in [3.8, 4) is 0 Å². The van der Waals surface area contributed by atoms with Crippen molar-refractivity contribution in [2.75, 3.05) is 0 Å². The molecule has 0 aromatic carbocycles. The summed E-state index contributed by atoms with van der Waals surface area (Å²) in [5.74, 6) is -12.0. The second-order valence-electron chi connectivity index (χ2n) is 2.86. The van der Waals surface area contributed by atoms with Crippen LogP contribution in [0.3, 0.4) is 0 Å². The van der Waals surface area contributed by atoms with Crippen molar-refractivity contribution in [1.82, 2.24) is 0 Å². The highest BCUT2D eigenvalue weighted by atomic mass is 28.5. The van der Waals surface area contributed by atoms with Gasteiger partial charge >= 0.3 is 9.08 Å². The summed E-state index contributed by atoms with van der Waals surface area (Å²) < 4.78 is 111. The maximum Gasteiger partial charge on any atom is 0.667 e. The van der Waals surface area contributed by atoms with Gasteiger partial charge in [-0.3, -0.25) is 0 Å². The summed E-state index contributed by atoms with van der Waals surface area (Å²) in [4.78, 5) is 0. The molecule has 0 N–H and O–H groups in total. The van der Waals surface area contributed by atoms with Crippen LogP contribution in [-0.2, 0) is 0 Å². The Labute approximate surface area is 83.6 Å². The van der Waals surface area contributed by atoms with Crippen molar-refractivity contribution in [3.63, 3.8) is 0 Å². The number of allylic oxidation sites excluding steroid dienone is 4. The fourth-order valence-corrected chi connectivity index (χ4v) is 1.80. The molecule has 0 aromatic heterocycles. The van der Waals surface area contributed by atoms with Gasteiger partial charge in [-0.15, -0.1) is 0 Å². The van der Waals surface area contributed by atoms with Crippen molar-refractivity contribution in [1.29, 1.82) is 0 Å². The third-order valence-corrected chi connectivity index (χ3v) is 3.20. The highest BCUT2D eigenvalue weighted by Gasteiger charge is 2.74. The van der Waals surface area contributed by atoms with Gasteiger partial charge in [0.15, 0.2) is 23.3 Å². The molecule has 0 radical (unpaired) electrons. The molecule has 1 aliphatic carbocycles. The van der Waals surface area contributed by atoms with Crippen molar-refractivity contribution in [2.24, 2.45) is 0 Å². The molecule has 1 rings (SSSR count). The Balaban J connectivity index is 3.48. The van der Waals surface area contributed by atoms with E-state index in [1.165, 1.54) is 0 Å². The van der Waals surface area contributed by atoms with Gasteiger partial charge in [0.05, 0.1) is 0 Å². The SMILES string of the molecule is FC1=C(F)C(F)C(F)([Si](F)(F)F)C(F)=C1F. The first-order valence-corrected chi connectivity index (χ1v) is 5.19. The standard InChI is InChI=1S/C6HF9Si/c7-1-2(8)4(10)6(12,16(13,14)15)5(11)3(1)9/h4H. The zero-order chi connectivity index (χ0) is 12.9. The van der Waals surface area contributed by atoms with Crippen LogP contribution in [0.25, 0.3) is 0 Å². The number of rotatable bonds is 1. The van der Waals surface area contributed by atoms with Crippen molar-refractivity contribution in [2.45, 2.75) is 11.5 Å². The number of alkyl halides is 2. The van der Waals surface area contributed by atoms with Crippen molar-refractivity contribution >= 4 is 9.08 Å². The van der Waals surface area contributed by atoms with Gasteiger partial charge in [0.25, 0.3) is 5.29 Å². The van der Waals surface area contributed by atoms with Crippen LogP contribution in [0, 0.1) is 0 Å². The highest BCUT2D eigenvalue weighted by molar-refractivity contribution is 6.63. The summed E-state index contributed by atoms with van der Waals surface area (Å²) in [5.41, 5.74) is 0. The van der Waals surface area contributed by atoms with E-state index >= 15 is 0 Å². The van der Waals surface area contributed by atoms with Crippen LogP contribution in [-0.4, -0.2) is 20.5 Å². The Bertz CT molecular complexity index is 380. The Morgan fingerprint density at radius 1 is 0.938 bits per heavy atom. The molecule has 0 bridgehead atoms. The lowest BCUT2D eigenvalue weighted by Crippen LogP contribution is -2.55. The lowest BCUT2D eigenvalue weighted by molar-refractivity contribution is 0.0842. The van der Waals surface area contributed by atoms with E-state index in [1.54, 1.807) is 0 Å². The minimum atomic E-state index is -7.78. The molecule has 10 heteroatoms. The van der Waals surface area contributed by atoms with E-state index in [2.05, 4.69) is 0 Å². The van der Waals surface area contributed by atoms with Crippen LogP contribution in [0.5, 0.6) is 0 Å². The predicted octanol–water partition coefficient (Wildman–Crippen LogP) is 3.73. The molecule has 92 valence electrons. The molecule has 0 aromatic rings. The second-order valence-corrected chi connectivity index (χ2v) is 4.59. The van der Waals surface area contributed by atoms with Gasteiger partial charge < -0.3 is 0 Å². The van der Waals surface area contributed by atoms with E-state index in [4.69, 9.17) is 0 Å². The molecular formula is C6HF9Si. The van der Waals surface area contributed by atoms with Crippen LogP contribution >= 0.6 is 0 Å². The van der Waals surface area contributed by atoms with Crippen LogP contribution in [0.15, 0.2) is 23.3 Å². The summed E-state index contributed by atoms with van der Waals surface area (Å²) in [5, 5.41) is -5.41. The van der Waals surface area contributed by atoms with E-state index < -0.39 is 43.8 Å². The zero-order valence-electron chi connectivity index (χ0n) is 6.98. The van der Waals surface area contributed by atoms with E-state index in [0.29, 0.717) is 0 Å². The molecule has 0 saturated heterocycles. The number of hydrogen-bond acceptors (Lipinski definition) is 0. The molecule has 0 aliphatic heterocycles. The van der Waals surface area contributed by atoms with Crippen LogP contribution < -0.4 is 0 Å². The van der Waals surface area contributed by atoms with Crippen molar-refractivity contribution < 1.29 is 38.7 Å². The molecule has 2 atom stereocenters. The maximum absolute atomic E-state index is 13.0. The summed E-state index contributed by atoms with van der Waals surface area (Å²) in [6, 6.07) is 0. The monoisotopic (exact) mass is 272 g/mol. The predicted molar refractivity (Wildman–Crippen MR) is 36.3 cm³/mol. The third-order valence-electron chi connectivity index (χ3n) is 1.90. The Kier molecular flexibility index (Phi) is 2.90. The molecular weight excluding hydrogens is 271 g/mol. The minimum absolute atomic E-state index is 2.79. The second kappa shape index (κ2) is 3.53. The molecule has 0 fully saturated rings. The first kappa shape index (κ1) is 13.1. The molecule has 2 unspecified atom stereocenters.